The van der Waals surface area contributed by atoms with Crippen molar-refractivity contribution < 1.29 is 14.5 Å². The second-order valence-electron chi connectivity index (χ2n) is 3.39. The Labute approximate surface area is 102 Å². The third-order valence-electron chi connectivity index (χ3n) is 2.18. The molecule has 2 amide bonds. The van der Waals surface area contributed by atoms with Gasteiger partial charge in [0, 0.05) is 18.7 Å². The Bertz CT molecular complexity index is 501. The minimum Gasteiger partial charge on any atom is -0.393 e. The maximum Gasteiger partial charge on any atom is 0.292 e. The Kier molecular flexibility index (Phi) is 4.19. The molecule has 0 atom stereocenters. The van der Waals surface area contributed by atoms with Crippen molar-refractivity contribution in [3.63, 3.8) is 0 Å². The van der Waals surface area contributed by atoms with E-state index in [1.807, 2.05) is 0 Å². The van der Waals surface area contributed by atoms with Gasteiger partial charge in [-0.2, -0.15) is 0 Å². The SMILES string of the molecule is CNC(=O)CNC(=O)c1ccc(N)c([N+](=O)[O-])c1. The number of nitro benzene ring substituents is 1. The minimum atomic E-state index is -0.676. The van der Waals surface area contributed by atoms with Crippen molar-refractivity contribution in [1.82, 2.24) is 10.6 Å². The normalized spacial score (nSPS) is 9.61. The number of hydrogen-bond acceptors (Lipinski definition) is 5. The number of hydrogen-bond donors (Lipinski definition) is 3. The monoisotopic (exact) mass is 252 g/mol. The van der Waals surface area contributed by atoms with Gasteiger partial charge in [-0.1, -0.05) is 0 Å². The highest BCUT2D eigenvalue weighted by Gasteiger charge is 2.15. The van der Waals surface area contributed by atoms with Gasteiger partial charge in [0.15, 0.2) is 0 Å². The number of carbonyl (C=O) groups excluding carboxylic acids is 2. The van der Waals surface area contributed by atoms with Crippen LogP contribution in [-0.2, 0) is 4.79 Å². The zero-order valence-electron chi connectivity index (χ0n) is 9.60. The number of likely N-dealkylation sites (N-methyl/N-ethyl adjacent to an activating group) is 1. The molecule has 8 heteroatoms. The molecule has 0 saturated carbocycles. The molecule has 18 heavy (non-hydrogen) atoms. The summed E-state index contributed by atoms with van der Waals surface area (Å²) in [4.78, 5) is 32.5. The van der Waals surface area contributed by atoms with E-state index in [1.165, 1.54) is 19.2 Å². The molecule has 4 N–H and O–H groups in total. The summed E-state index contributed by atoms with van der Waals surface area (Å²) >= 11 is 0. The summed E-state index contributed by atoms with van der Waals surface area (Å²) < 4.78 is 0. The molecule has 0 saturated heterocycles. The molecule has 1 aromatic carbocycles. The first-order valence-electron chi connectivity index (χ1n) is 4.98. The third-order valence-corrected chi connectivity index (χ3v) is 2.18. The maximum absolute atomic E-state index is 11.6. The van der Waals surface area contributed by atoms with Crippen LogP contribution in [0.5, 0.6) is 0 Å². The molecular formula is C10H12N4O4. The van der Waals surface area contributed by atoms with Crippen molar-refractivity contribution >= 4 is 23.2 Å². The topological polar surface area (TPSA) is 127 Å². The van der Waals surface area contributed by atoms with Crippen molar-refractivity contribution in [2.75, 3.05) is 19.3 Å². The standard InChI is InChI=1S/C10H12N4O4/c1-12-9(15)5-13-10(16)6-2-3-7(11)8(4-6)14(17)18/h2-4H,5,11H2,1H3,(H,12,15)(H,13,16). The van der Waals surface area contributed by atoms with Crippen LogP contribution in [0.1, 0.15) is 10.4 Å². The van der Waals surface area contributed by atoms with Gasteiger partial charge in [-0.25, -0.2) is 0 Å². The van der Waals surface area contributed by atoms with Gasteiger partial charge in [-0.3, -0.25) is 19.7 Å². The van der Waals surface area contributed by atoms with E-state index in [2.05, 4.69) is 10.6 Å². The summed E-state index contributed by atoms with van der Waals surface area (Å²) in [6, 6.07) is 3.68. The third kappa shape index (κ3) is 3.17. The lowest BCUT2D eigenvalue weighted by atomic mass is 10.1. The Hall–Kier alpha value is -2.64. The van der Waals surface area contributed by atoms with Gasteiger partial charge in [-0.05, 0) is 12.1 Å². The first-order chi connectivity index (χ1) is 8.45. The summed E-state index contributed by atoms with van der Waals surface area (Å²) in [5.41, 5.74) is 5.10. The number of rotatable bonds is 4. The fourth-order valence-corrected chi connectivity index (χ4v) is 1.19. The van der Waals surface area contributed by atoms with Crippen molar-refractivity contribution in [2.45, 2.75) is 0 Å². The molecule has 0 aliphatic carbocycles. The smallest absolute Gasteiger partial charge is 0.292 e. The minimum absolute atomic E-state index is 0.0251. The zero-order chi connectivity index (χ0) is 13.7. The fraction of sp³-hybridized carbons (Fsp3) is 0.200. The highest BCUT2D eigenvalue weighted by molar-refractivity contribution is 5.97. The van der Waals surface area contributed by atoms with Gasteiger partial charge < -0.3 is 16.4 Å². The lowest BCUT2D eigenvalue weighted by Gasteiger charge is -2.05. The van der Waals surface area contributed by atoms with Gasteiger partial charge >= 0.3 is 0 Å². The van der Waals surface area contributed by atoms with E-state index in [0.29, 0.717) is 0 Å². The van der Waals surface area contributed by atoms with E-state index in [-0.39, 0.29) is 29.4 Å². The second kappa shape index (κ2) is 5.62. The van der Waals surface area contributed by atoms with Crippen LogP contribution < -0.4 is 16.4 Å². The van der Waals surface area contributed by atoms with Crippen LogP contribution in [0.25, 0.3) is 0 Å². The number of carbonyl (C=O) groups is 2. The quantitative estimate of drug-likeness (QED) is 0.383. The van der Waals surface area contributed by atoms with E-state index >= 15 is 0 Å². The second-order valence-corrected chi connectivity index (χ2v) is 3.39. The van der Waals surface area contributed by atoms with E-state index in [4.69, 9.17) is 5.73 Å². The Morgan fingerprint density at radius 1 is 1.44 bits per heavy atom. The van der Waals surface area contributed by atoms with E-state index < -0.39 is 10.8 Å². The van der Waals surface area contributed by atoms with Crippen molar-refractivity contribution in [1.29, 1.82) is 0 Å². The molecule has 8 nitrogen and oxygen atoms in total. The van der Waals surface area contributed by atoms with Gasteiger partial charge in [0.25, 0.3) is 11.6 Å². The average molecular weight is 252 g/mol. The molecule has 0 aromatic heterocycles. The molecule has 0 spiro atoms. The number of amides is 2. The van der Waals surface area contributed by atoms with Crippen LogP contribution in [0, 0.1) is 10.1 Å². The number of anilines is 1. The average Bonchev–Trinajstić information content (AvgIpc) is 2.35. The van der Waals surface area contributed by atoms with E-state index in [1.54, 1.807) is 0 Å². The van der Waals surface area contributed by atoms with Gasteiger partial charge in [0.2, 0.25) is 5.91 Å². The molecule has 0 heterocycles. The molecular weight excluding hydrogens is 240 g/mol. The summed E-state index contributed by atoms with van der Waals surface area (Å²) in [6.07, 6.45) is 0. The molecule has 0 fully saturated rings. The summed E-state index contributed by atoms with van der Waals surface area (Å²) in [7, 11) is 1.43. The lowest BCUT2D eigenvalue weighted by molar-refractivity contribution is -0.383. The number of nitrogens with zero attached hydrogens (tertiary/aromatic N) is 1. The summed E-state index contributed by atoms with van der Waals surface area (Å²) in [5, 5.41) is 15.3. The Balaban J connectivity index is 2.84. The van der Waals surface area contributed by atoms with Crippen molar-refractivity contribution in [2.24, 2.45) is 0 Å². The van der Waals surface area contributed by atoms with Crippen LogP contribution >= 0.6 is 0 Å². The summed E-state index contributed by atoms with van der Waals surface area (Å²) in [5.74, 6) is -0.949. The Morgan fingerprint density at radius 2 is 2.11 bits per heavy atom. The molecule has 0 aliphatic rings. The number of benzene rings is 1. The van der Waals surface area contributed by atoms with Crippen molar-refractivity contribution in [3.05, 3.63) is 33.9 Å². The Morgan fingerprint density at radius 3 is 2.67 bits per heavy atom. The van der Waals surface area contributed by atoms with Crippen LogP contribution in [0.3, 0.4) is 0 Å². The molecule has 0 aliphatic heterocycles. The molecule has 96 valence electrons. The van der Waals surface area contributed by atoms with Crippen LogP contribution in [-0.4, -0.2) is 30.3 Å². The first-order valence-corrected chi connectivity index (χ1v) is 4.98. The zero-order valence-corrected chi connectivity index (χ0v) is 9.60. The molecule has 1 rings (SSSR count). The molecule has 0 bridgehead atoms. The number of nitro groups is 1. The number of nitrogens with one attached hydrogen (secondary N) is 2. The van der Waals surface area contributed by atoms with Crippen LogP contribution in [0.2, 0.25) is 0 Å². The lowest BCUT2D eigenvalue weighted by Crippen LogP contribution is -2.35. The molecule has 1 aromatic rings. The first kappa shape index (κ1) is 13.4. The van der Waals surface area contributed by atoms with Crippen LogP contribution in [0.15, 0.2) is 18.2 Å². The predicted octanol–water partition coefficient (Wildman–Crippen LogP) is -0.347. The van der Waals surface area contributed by atoms with Crippen molar-refractivity contribution in [3.8, 4) is 0 Å². The van der Waals surface area contributed by atoms with Crippen LogP contribution in [0.4, 0.5) is 11.4 Å². The van der Waals surface area contributed by atoms with Gasteiger partial charge in [0.1, 0.15) is 5.69 Å². The highest BCUT2D eigenvalue weighted by atomic mass is 16.6. The maximum atomic E-state index is 11.6. The predicted molar refractivity (Wildman–Crippen MR) is 63.9 cm³/mol. The summed E-state index contributed by atoms with van der Waals surface area (Å²) in [6.45, 7) is -0.201. The number of nitrogen functional groups attached to an aromatic ring is 1. The van der Waals surface area contributed by atoms with E-state index in [0.717, 1.165) is 6.07 Å². The largest absolute Gasteiger partial charge is 0.393 e. The molecule has 0 unspecified atom stereocenters. The number of nitrogens with two attached hydrogens (primary N) is 1. The van der Waals surface area contributed by atoms with E-state index in [9.17, 15) is 19.7 Å². The highest BCUT2D eigenvalue weighted by Crippen LogP contribution is 2.22. The fourth-order valence-electron chi connectivity index (χ4n) is 1.19. The molecule has 0 radical (unpaired) electrons. The van der Waals surface area contributed by atoms with Gasteiger partial charge in [0.05, 0.1) is 11.5 Å². The van der Waals surface area contributed by atoms with Gasteiger partial charge in [-0.15, -0.1) is 0 Å².